The molecule has 8 heteroatoms. The van der Waals surface area contributed by atoms with Crippen molar-refractivity contribution < 1.29 is 18.9 Å². The van der Waals surface area contributed by atoms with Gasteiger partial charge in [0.25, 0.3) is 0 Å². The minimum absolute atomic E-state index is 0. The molecule has 0 fully saturated rings. The third-order valence-corrected chi connectivity index (χ3v) is 5.15. The summed E-state index contributed by atoms with van der Waals surface area (Å²) in [6.07, 6.45) is 5.08. The molecule has 0 bridgehead atoms. The summed E-state index contributed by atoms with van der Waals surface area (Å²) in [4.78, 5) is 8.90. The van der Waals surface area contributed by atoms with Gasteiger partial charge in [-0.15, -0.1) is 12.4 Å². The fourth-order valence-electron chi connectivity index (χ4n) is 3.65. The fraction of sp³-hybridized carbons (Fsp3) is 0.391. The maximum atomic E-state index is 5.91. The molecule has 166 valence electrons. The normalized spacial score (nSPS) is 12.3. The summed E-state index contributed by atoms with van der Waals surface area (Å²) in [5.74, 6) is 1.98. The Morgan fingerprint density at radius 3 is 2.29 bits per heavy atom. The Labute approximate surface area is 188 Å². The average Bonchev–Trinajstić information content (AvgIpc) is 3.22. The molecule has 1 aliphatic carbocycles. The van der Waals surface area contributed by atoms with Crippen LogP contribution in [0.5, 0.6) is 11.5 Å². The Bertz CT molecular complexity index is 1020. The molecule has 4 rings (SSSR count). The van der Waals surface area contributed by atoms with Crippen LogP contribution in [0.2, 0.25) is 0 Å². The predicted molar refractivity (Wildman–Crippen MR) is 123 cm³/mol. The number of hydrogen-bond donors (Lipinski definition) is 1. The highest BCUT2D eigenvalue weighted by Crippen LogP contribution is 2.35. The number of halogens is 1. The summed E-state index contributed by atoms with van der Waals surface area (Å²) in [5.41, 5.74) is 4.66. The third-order valence-electron chi connectivity index (χ3n) is 5.15. The number of nitrogens with one attached hydrogen (secondary N) is 1. The van der Waals surface area contributed by atoms with Gasteiger partial charge in [0.2, 0.25) is 0 Å². The lowest BCUT2D eigenvalue weighted by atomic mass is 10.1. The number of fused-ring (bicyclic) bond motifs is 2. The van der Waals surface area contributed by atoms with E-state index in [4.69, 9.17) is 18.9 Å². The number of methoxy groups -OCH3 is 2. The summed E-state index contributed by atoms with van der Waals surface area (Å²) in [5, 5.41) is 4.32. The highest BCUT2D eigenvalue weighted by Gasteiger charge is 2.14. The topological polar surface area (TPSA) is 74.7 Å². The molecule has 0 radical (unpaired) electrons. The number of nitrogens with zero attached hydrogens (tertiary/aromatic N) is 2. The van der Waals surface area contributed by atoms with Crippen LogP contribution in [0.1, 0.15) is 17.5 Å². The number of rotatable bonds is 10. The lowest BCUT2D eigenvalue weighted by molar-refractivity contribution is 0.132. The van der Waals surface area contributed by atoms with Gasteiger partial charge in [-0.3, -0.25) is 0 Å². The van der Waals surface area contributed by atoms with E-state index in [0.29, 0.717) is 37.9 Å². The van der Waals surface area contributed by atoms with Crippen LogP contribution in [0.3, 0.4) is 0 Å². The Kier molecular flexibility index (Phi) is 8.28. The smallest absolute Gasteiger partial charge is 0.163 e. The first-order valence-corrected chi connectivity index (χ1v) is 10.2. The van der Waals surface area contributed by atoms with Gasteiger partial charge in [0.05, 0.1) is 18.7 Å². The van der Waals surface area contributed by atoms with Gasteiger partial charge in [-0.25, -0.2) is 9.97 Å². The predicted octanol–water partition coefficient (Wildman–Crippen LogP) is 4.33. The Morgan fingerprint density at radius 2 is 1.55 bits per heavy atom. The molecular formula is C23H28ClN3O4. The van der Waals surface area contributed by atoms with Gasteiger partial charge < -0.3 is 24.3 Å². The van der Waals surface area contributed by atoms with Gasteiger partial charge >= 0.3 is 0 Å². The first-order valence-electron chi connectivity index (χ1n) is 10.2. The maximum Gasteiger partial charge on any atom is 0.163 e. The van der Waals surface area contributed by atoms with Crippen molar-refractivity contribution in [1.29, 1.82) is 0 Å². The Morgan fingerprint density at radius 1 is 0.839 bits per heavy atom. The van der Waals surface area contributed by atoms with Crippen LogP contribution in [-0.2, 0) is 22.3 Å². The van der Waals surface area contributed by atoms with E-state index < -0.39 is 0 Å². The van der Waals surface area contributed by atoms with E-state index in [-0.39, 0.29) is 12.4 Å². The number of hydrogen-bond acceptors (Lipinski definition) is 7. The van der Waals surface area contributed by atoms with Gasteiger partial charge in [-0.05, 0) is 48.6 Å². The van der Waals surface area contributed by atoms with Crippen molar-refractivity contribution >= 4 is 34.8 Å². The van der Waals surface area contributed by atoms with Gasteiger partial charge in [0, 0.05) is 31.4 Å². The SMILES string of the molecule is COCCOc1cc2ncnc(Nc3ccc4c(c3)CCC4)c2cc1OCCOC.Cl. The van der Waals surface area contributed by atoms with Crippen LogP contribution in [-0.4, -0.2) is 50.6 Å². The number of ether oxygens (including phenoxy) is 4. The first kappa shape index (κ1) is 23.1. The van der Waals surface area contributed by atoms with Crippen LogP contribution in [0.15, 0.2) is 36.7 Å². The molecular weight excluding hydrogens is 418 g/mol. The van der Waals surface area contributed by atoms with Crippen molar-refractivity contribution in [3.63, 3.8) is 0 Å². The van der Waals surface area contributed by atoms with Gasteiger partial charge in [0.15, 0.2) is 11.5 Å². The van der Waals surface area contributed by atoms with Crippen molar-refractivity contribution in [2.75, 3.05) is 46.0 Å². The molecule has 0 saturated heterocycles. The van der Waals surface area contributed by atoms with Crippen LogP contribution < -0.4 is 14.8 Å². The molecule has 0 aliphatic heterocycles. The zero-order valence-corrected chi connectivity index (χ0v) is 18.7. The monoisotopic (exact) mass is 445 g/mol. The molecule has 0 amide bonds. The van der Waals surface area contributed by atoms with Crippen molar-refractivity contribution in [2.45, 2.75) is 19.3 Å². The molecule has 31 heavy (non-hydrogen) atoms. The molecule has 1 heterocycles. The van der Waals surface area contributed by atoms with Crippen LogP contribution >= 0.6 is 12.4 Å². The average molecular weight is 446 g/mol. The number of aromatic nitrogens is 2. The van der Waals surface area contributed by atoms with Crippen LogP contribution in [0, 0.1) is 0 Å². The van der Waals surface area contributed by atoms with E-state index in [2.05, 4.69) is 33.5 Å². The summed E-state index contributed by atoms with van der Waals surface area (Å²) in [7, 11) is 3.29. The standard InChI is InChI=1S/C23H27N3O4.ClH/c1-27-8-10-29-21-13-19-20(14-22(21)30-11-9-28-2)24-15-25-23(19)26-18-7-6-16-4-3-5-17(16)12-18;/h6-7,12-15H,3-5,8-11H2,1-2H3,(H,24,25,26);1H. The second-order valence-electron chi connectivity index (χ2n) is 7.18. The van der Waals surface area contributed by atoms with E-state index in [1.165, 1.54) is 24.0 Å². The fourth-order valence-corrected chi connectivity index (χ4v) is 3.65. The molecule has 1 aromatic heterocycles. The molecule has 3 aromatic rings. The summed E-state index contributed by atoms with van der Waals surface area (Å²) >= 11 is 0. The van der Waals surface area contributed by atoms with Crippen LogP contribution in [0.25, 0.3) is 10.9 Å². The molecule has 1 N–H and O–H groups in total. The van der Waals surface area contributed by atoms with E-state index in [9.17, 15) is 0 Å². The second kappa shape index (κ2) is 11.1. The quantitative estimate of drug-likeness (QED) is 0.465. The number of benzene rings is 2. The first-order chi connectivity index (χ1) is 14.8. The minimum atomic E-state index is 0. The summed E-state index contributed by atoms with van der Waals surface area (Å²) in [6, 6.07) is 10.3. The van der Waals surface area contributed by atoms with E-state index in [1.54, 1.807) is 20.5 Å². The molecule has 2 aromatic carbocycles. The lowest BCUT2D eigenvalue weighted by Gasteiger charge is -2.15. The van der Waals surface area contributed by atoms with Gasteiger partial charge in [0.1, 0.15) is 25.4 Å². The van der Waals surface area contributed by atoms with E-state index in [0.717, 1.165) is 28.8 Å². The van der Waals surface area contributed by atoms with Gasteiger partial charge in [-0.2, -0.15) is 0 Å². The lowest BCUT2D eigenvalue weighted by Crippen LogP contribution is -2.09. The molecule has 0 saturated carbocycles. The molecule has 1 aliphatic rings. The second-order valence-corrected chi connectivity index (χ2v) is 7.18. The largest absolute Gasteiger partial charge is 0.487 e. The van der Waals surface area contributed by atoms with E-state index in [1.807, 2.05) is 12.1 Å². The van der Waals surface area contributed by atoms with E-state index >= 15 is 0 Å². The highest BCUT2D eigenvalue weighted by atomic mass is 35.5. The third kappa shape index (κ3) is 5.55. The number of anilines is 2. The van der Waals surface area contributed by atoms with Crippen molar-refractivity contribution in [2.24, 2.45) is 0 Å². The minimum Gasteiger partial charge on any atom is -0.487 e. The number of aryl methyl sites for hydroxylation is 2. The zero-order chi connectivity index (χ0) is 20.8. The van der Waals surface area contributed by atoms with Gasteiger partial charge in [-0.1, -0.05) is 6.07 Å². The summed E-state index contributed by atoms with van der Waals surface area (Å²) < 4.78 is 22.0. The highest BCUT2D eigenvalue weighted by molar-refractivity contribution is 5.93. The van der Waals surface area contributed by atoms with Crippen molar-refractivity contribution in [3.8, 4) is 11.5 Å². The Hall–Kier alpha value is -2.61. The van der Waals surface area contributed by atoms with Crippen LogP contribution in [0.4, 0.5) is 11.5 Å². The van der Waals surface area contributed by atoms with Crippen molar-refractivity contribution in [3.05, 3.63) is 47.8 Å². The van der Waals surface area contributed by atoms with Crippen molar-refractivity contribution in [1.82, 2.24) is 9.97 Å². The Balaban J connectivity index is 0.00000272. The summed E-state index contributed by atoms with van der Waals surface area (Å²) in [6.45, 7) is 1.82. The molecule has 0 unspecified atom stereocenters. The molecule has 0 spiro atoms. The zero-order valence-electron chi connectivity index (χ0n) is 17.8. The maximum absolute atomic E-state index is 5.91. The molecule has 0 atom stereocenters. The molecule has 7 nitrogen and oxygen atoms in total.